The summed E-state index contributed by atoms with van der Waals surface area (Å²) in [7, 11) is 2.08. The van der Waals surface area contributed by atoms with E-state index in [1.807, 2.05) is 0 Å². The third-order valence-electron chi connectivity index (χ3n) is 4.08. The summed E-state index contributed by atoms with van der Waals surface area (Å²) in [5, 5.41) is 9.01. The second-order valence-corrected chi connectivity index (χ2v) is 5.64. The summed E-state index contributed by atoms with van der Waals surface area (Å²) in [6.07, 6.45) is 3.17. The third-order valence-corrected chi connectivity index (χ3v) is 4.08. The number of carboxylic acid groups (broad SMARTS) is 1. The average Bonchev–Trinajstić information content (AvgIpc) is 2.75. The summed E-state index contributed by atoms with van der Waals surface area (Å²) in [4.78, 5) is 27.1. The highest BCUT2D eigenvalue weighted by Gasteiger charge is 2.30. The molecule has 2 rings (SSSR count). The van der Waals surface area contributed by atoms with Gasteiger partial charge in [0.25, 0.3) is 0 Å². The number of nitrogens with zero attached hydrogens (tertiary/aromatic N) is 2. The van der Waals surface area contributed by atoms with E-state index in [2.05, 4.69) is 11.9 Å². The molecule has 2 heterocycles. The molecule has 2 aliphatic heterocycles. The smallest absolute Gasteiger partial charge is 0.308 e. The Morgan fingerprint density at radius 2 is 2.00 bits per heavy atom. The van der Waals surface area contributed by atoms with Crippen molar-refractivity contribution in [3.05, 3.63) is 0 Å². The molecule has 1 amide bonds. The van der Waals surface area contributed by atoms with Crippen molar-refractivity contribution < 1.29 is 14.7 Å². The van der Waals surface area contributed by atoms with E-state index in [0.717, 1.165) is 32.5 Å². The average molecular weight is 254 g/mol. The summed E-state index contributed by atoms with van der Waals surface area (Å²) in [5.74, 6) is -0.545. The molecule has 5 heteroatoms. The molecule has 0 aliphatic carbocycles. The van der Waals surface area contributed by atoms with Gasteiger partial charge in [0, 0.05) is 26.1 Å². The fourth-order valence-electron chi connectivity index (χ4n) is 2.97. The summed E-state index contributed by atoms with van der Waals surface area (Å²) >= 11 is 0. The molecular weight excluding hydrogens is 232 g/mol. The molecule has 0 spiro atoms. The highest BCUT2D eigenvalue weighted by atomic mass is 16.4. The first-order chi connectivity index (χ1) is 8.56. The van der Waals surface area contributed by atoms with E-state index in [9.17, 15) is 9.59 Å². The molecule has 0 aromatic heterocycles. The van der Waals surface area contributed by atoms with Gasteiger partial charge >= 0.3 is 5.97 Å². The Balaban J connectivity index is 1.83. The van der Waals surface area contributed by atoms with Crippen molar-refractivity contribution in [2.24, 2.45) is 11.8 Å². The second-order valence-electron chi connectivity index (χ2n) is 5.64. The number of carboxylic acids is 1. The van der Waals surface area contributed by atoms with Crippen molar-refractivity contribution in [2.45, 2.75) is 25.7 Å². The molecule has 2 fully saturated rings. The van der Waals surface area contributed by atoms with Gasteiger partial charge in [-0.15, -0.1) is 0 Å². The van der Waals surface area contributed by atoms with E-state index >= 15 is 0 Å². The molecule has 0 aromatic rings. The largest absolute Gasteiger partial charge is 0.481 e. The van der Waals surface area contributed by atoms with Gasteiger partial charge in [-0.3, -0.25) is 9.59 Å². The van der Waals surface area contributed by atoms with Gasteiger partial charge in [-0.1, -0.05) is 0 Å². The van der Waals surface area contributed by atoms with Crippen molar-refractivity contribution in [3.8, 4) is 0 Å². The maximum Gasteiger partial charge on any atom is 0.308 e. The highest BCUT2D eigenvalue weighted by Crippen LogP contribution is 2.22. The number of piperidine rings is 1. The zero-order valence-electron chi connectivity index (χ0n) is 11.0. The van der Waals surface area contributed by atoms with Crippen molar-refractivity contribution in [2.75, 3.05) is 33.2 Å². The molecule has 0 saturated carbocycles. The topological polar surface area (TPSA) is 60.9 Å². The lowest BCUT2D eigenvalue weighted by Gasteiger charge is -2.31. The molecule has 1 N–H and O–H groups in total. The number of aliphatic carboxylic acids is 1. The molecule has 102 valence electrons. The van der Waals surface area contributed by atoms with Crippen LogP contribution in [0.3, 0.4) is 0 Å². The van der Waals surface area contributed by atoms with Crippen molar-refractivity contribution in [1.82, 2.24) is 9.80 Å². The Hall–Kier alpha value is -1.10. The minimum absolute atomic E-state index is 0.140. The minimum Gasteiger partial charge on any atom is -0.481 e. The van der Waals surface area contributed by atoms with E-state index in [1.165, 1.54) is 0 Å². The van der Waals surface area contributed by atoms with Gasteiger partial charge in [-0.2, -0.15) is 0 Å². The molecule has 18 heavy (non-hydrogen) atoms. The molecule has 0 aromatic carbocycles. The summed E-state index contributed by atoms with van der Waals surface area (Å²) in [6, 6.07) is 0. The van der Waals surface area contributed by atoms with Crippen molar-refractivity contribution in [1.29, 1.82) is 0 Å². The standard InChI is InChI=1S/C13H22N2O3/c1-14-6-4-10(8-14)7-12(16)15-5-2-3-11(9-15)13(17)18/h10-11H,2-9H2,1H3,(H,17,18). The molecule has 0 bridgehead atoms. The first kappa shape index (κ1) is 13.3. The number of hydrogen-bond donors (Lipinski definition) is 1. The van der Waals surface area contributed by atoms with Crippen LogP contribution in [0.4, 0.5) is 0 Å². The van der Waals surface area contributed by atoms with Crippen LogP contribution in [-0.4, -0.2) is 60.0 Å². The van der Waals surface area contributed by atoms with E-state index in [4.69, 9.17) is 5.11 Å². The number of likely N-dealkylation sites (tertiary alicyclic amines) is 2. The quantitative estimate of drug-likeness (QED) is 0.803. The van der Waals surface area contributed by atoms with E-state index in [-0.39, 0.29) is 11.8 Å². The van der Waals surface area contributed by atoms with Crippen LogP contribution in [0.5, 0.6) is 0 Å². The molecular formula is C13H22N2O3. The van der Waals surface area contributed by atoms with Gasteiger partial charge < -0.3 is 14.9 Å². The fraction of sp³-hybridized carbons (Fsp3) is 0.846. The Bertz CT molecular complexity index is 332. The number of rotatable bonds is 3. The molecule has 5 nitrogen and oxygen atoms in total. The number of carbonyl (C=O) groups is 2. The van der Waals surface area contributed by atoms with Gasteiger partial charge in [-0.05, 0) is 38.8 Å². The molecule has 2 aliphatic rings. The Kier molecular flexibility index (Phi) is 4.22. The van der Waals surface area contributed by atoms with Crippen LogP contribution in [-0.2, 0) is 9.59 Å². The van der Waals surface area contributed by atoms with Gasteiger partial charge in [0.2, 0.25) is 5.91 Å². The van der Waals surface area contributed by atoms with E-state index in [1.54, 1.807) is 4.90 Å². The molecule has 2 saturated heterocycles. The second kappa shape index (κ2) is 5.69. The highest BCUT2D eigenvalue weighted by molar-refractivity contribution is 5.78. The Morgan fingerprint density at radius 3 is 2.61 bits per heavy atom. The minimum atomic E-state index is -0.770. The number of carbonyl (C=O) groups excluding carboxylic acids is 1. The normalized spacial score (nSPS) is 29.5. The number of hydrogen-bond acceptors (Lipinski definition) is 3. The SMILES string of the molecule is CN1CCC(CC(=O)N2CCCC(C(=O)O)C2)C1. The predicted molar refractivity (Wildman–Crippen MR) is 67.2 cm³/mol. The summed E-state index contributed by atoms with van der Waals surface area (Å²) in [5.41, 5.74) is 0. The maximum atomic E-state index is 12.1. The lowest BCUT2D eigenvalue weighted by atomic mass is 9.96. The van der Waals surface area contributed by atoms with Gasteiger partial charge in [-0.25, -0.2) is 0 Å². The van der Waals surface area contributed by atoms with Gasteiger partial charge in [0.05, 0.1) is 5.92 Å². The Morgan fingerprint density at radius 1 is 1.22 bits per heavy atom. The predicted octanol–water partition coefficient (Wildman–Crippen LogP) is 0.651. The van der Waals surface area contributed by atoms with Crippen molar-refractivity contribution >= 4 is 11.9 Å². The van der Waals surface area contributed by atoms with Crippen molar-refractivity contribution in [3.63, 3.8) is 0 Å². The molecule has 0 radical (unpaired) electrons. The lowest BCUT2D eigenvalue weighted by Crippen LogP contribution is -2.42. The van der Waals surface area contributed by atoms with Crippen LogP contribution in [0, 0.1) is 11.8 Å². The monoisotopic (exact) mass is 254 g/mol. The number of amides is 1. The van der Waals surface area contributed by atoms with E-state index in [0.29, 0.717) is 25.3 Å². The zero-order valence-corrected chi connectivity index (χ0v) is 11.0. The zero-order chi connectivity index (χ0) is 13.1. The molecule has 2 unspecified atom stereocenters. The lowest BCUT2D eigenvalue weighted by molar-refractivity contribution is -0.145. The van der Waals surface area contributed by atoms with E-state index < -0.39 is 5.97 Å². The van der Waals surface area contributed by atoms with Crippen LogP contribution >= 0.6 is 0 Å². The third kappa shape index (κ3) is 3.22. The van der Waals surface area contributed by atoms with Gasteiger partial charge in [0.15, 0.2) is 0 Å². The van der Waals surface area contributed by atoms with Crippen LogP contribution in [0.25, 0.3) is 0 Å². The van der Waals surface area contributed by atoms with Crippen LogP contribution in [0.15, 0.2) is 0 Å². The Labute approximate surface area is 108 Å². The van der Waals surface area contributed by atoms with Crippen LogP contribution in [0.1, 0.15) is 25.7 Å². The first-order valence-corrected chi connectivity index (χ1v) is 6.75. The van der Waals surface area contributed by atoms with Crippen LogP contribution < -0.4 is 0 Å². The summed E-state index contributed by atoms with van der Waals surface area (Å²) in [6.45, 7) is 3.18. The van der Waals surface area contributed by atoms with Crippen LogP contribution in [0.2, 0.25) is 0 Å². The maximum absolute atomic E-state index is 12.1. The van der Waals surface area contributed by atoms with Gasteiger partial charge in [0.1, 0.15) is 0 Å². The summed E-state index contributed by atoms with van der Waals surface area (Å²) < 4.78 is 0. The molecule has 2 atom stereocenters. The first-order valence-electron chi connectivity index (χ1n) is 6.75. The fourth-order valence-corrected chi connectivity index (χ4v) is 2.97.